The van der Waals surface area contributed by atoms with Crippen molar-refractivity contribution < 1.29 is 14.6 Å². The zero-order valence-electron chi connectivity index (χ0n) is 23.1. The van der Waals surface area contributed by atoms with E-state index in [1.54, 1.807) is 6.92 Å². The van der Waals surface area contributed by atoms with Crippen LogP contribution in [0.3, 0.4) is 0 Å². The molecule has 1 heterocycles. The van der Waals surface area contributed by atoms with Crippen LogP contribution in [0.1, 0.15) is 68.0 Å². The summed E-state index contributed by atoms with van der Waals surface area (Å²) in [5.74, 6) is 0. The third kappa shape index (κ3) is 8.39. The molecule has 0 saturated heterocycles. The van der Waals surface area contributed by atoms with Crippen molar-refractivity contribution in [2.45, 2.75) is 78.5 Å². The van der Waals surface area contributed by atoms with E-state index in [2.05, 4.69) is 59.8 Å². The van der Waals surface area contributed by atoms with Crippen LogP contribution in [-0.2, 0) is 9.47 Å². The van der Waals surface area contributed by atoms with E-state index < -0.39 is 0 Å². The number of thiophene rings is 1. The number of nitriles is 2. The van der Waals surface area contributed by atoms with Gasteiger partial charge < -0.3 is 19.5 Å². The maximum absolute atomic E-state index is 9.49. The van der Waals surface area contributed by atoms with Gasteiger partial charge in [0.15, 0.2) is 5.00 Å². The summed E-state index contributed by atoms with van der Waals surface area (Å²) in [4.78, 5) is 2.91. The number of benzene rings is 1. The highest BCUT2D eigenvalue weighted by atomic mass is 32.1. The van der Waals surface area contributed by atoms with E-state index in [-0.39, 0.29) is 24.8 Å². The van der Waals surface area contributed by atoms with Crippen LogP contribution < -0.4 is 4.90 Å². The predicted octanol–water partition coefficient (Wildman–Crippen LogP) is 7.23. The van der Waals surface area contributed by atoms with Gasteiger partial charge in [-0.25, -0.2) is 0 Å². The van der Waals surface area contributed by atoms with Gasteiger partial charge in [0, 0.05) is 37.4 Å². The molecular formula is C29H39N5O3S. The molecule has 0 aliphatic heterocycles. The summed E-state index contributed by atoms with van der Waals surface area (Å²) >= 11 is 1.18. The Balaban J connectivity index is 2.31. The normalized spacial score (nSPS) is 13.5. The van der Waals surface area contributed by atoms with Gasteiger partial charge in [0.25, 0.3) is 0 Å². The highest BCUT2D eigenvalue weighted by Gasteiger charge is 2.24. The zero-order valence-corrected chi connectivity index (χ0v) is 23.9. The summed E-state index contributed by atoms with van der Waals surface area (Å²) in [5, 5.41) is 37.1. The highest BCUT2D eigenvalue weighted by molar-refractivity contribution is 7.16. The number of ether oxygens (including phenoxy) is 2. The highest BCUT2D eigenvalue weighted by Crippen LogP contribution is 2.36. The number of anilines is 1. The molecule has 1 aromatic carbocycles. The van der Waals surface area contributed by atoms with E-state index in [1.165, 1.54) is 17.6 Å². The minimum absolute atomic E-state index is 0.0224. The number of rotatable bonds is 16. The van der Waals surface area contributed by atoms with Crippen LogP contribution in [0.2, 0.25) is 0 Å². The van der Waals surface area contributed by atoms with E-state index in [4.69, 9.17) is 14.6 Å². The summed E-state index contributed by atoms with van der Waals surface area (Å²) < 4.78 is 11.4. The quantitative estimate of drug-likeness (QED) is 0.137. The Morgan fingerprint density at radius 2 is 1.89 bits per heavy atom. The lowest BCUT2D eigenvalue weighted by molar-refractivity contribution is 0.0432. The second kappa shape index (κ2) is 15.9. The molecule has 8 nitrogen and oxygen atoms in total. The van der Waals surface area contributed by atoms with Crippen LogP contribution in [0.5, 0.6) is 0 Å². The van der Waals surface area contributed by atoms with Crippen molar-refractivity contribution in [3.05, 3.63) is 52.6 Å². The molecule has 9 heteroatoms. The molecular weight excluding hydrogens is 498 g/mol. The summed E-state index contributed by atoms with van der Waals surface area (Å²) in [5.41, 5.74) is 3.79. The number of aliphatic hydroxyl groups excluding tert-OH is 1. The van der Waals surface area contributed by atoms with Gasteiger partial charge in [-0.3, -0.25) is 0 Å². The van der Waals surface area contributed by atoms with E-state index >= 15 is 0 Å². The third-order valence-electron chi connectivity index (χ3n) is 6.57. The molecule has 0 saturated carbocycles. The number of aliphatic hydroxyl groups is 1. The number of nitrogens with zero attached hydrogens (tertiary/aromatic N) is 5. The Hall–Kier alpha value is -3.24. The molecule has 0 amide bonds. The van der Waals surface area contributed by atoms with E-state index in [9.17, 15) is 10.5 Å². The molecule has 0 aliphatic carbocycles. The van der Waals surface area contributed by atoms with Crippen LogP contribution in [0.4, 0.5) is 16.4 Å². The van der Waals surface area contributed by atoms with Gasteiger partial charge >= 0.3 is 0 Å². The molecule has 2 aromatic rings. The van der Waals surface area contributed by atoms with Gasteiger partial charge in [0.05, 0.1) is 30.2 Å². The smallest absolute Gasteiger partial charge is 0.158 e. The molecule has 0 fully saturated rings. The van der Waals surface area contributed by atoms with Gasteiger partial charge in [-0.2, -0.15) is 10.5 Å². The average molecular weight is 538 g/mol. The van der Waals surface area contributed by atoms with Crippen molar-refractivity contribution in [1.82, 2.24) is 0 Å². The van der Waals surface area contributed by atoms with Gasteiger partial charge in [-0.05, 0) is 76.3 Å². The number of hydrogen-bond donors (Lipinski definition) is 1. The fourth-order valence-electron chi connectivity index (χ4n) is 4.32. The minimum atomic E-state index is 0.0224. The first kappa shape index (κ1) is 31.0. The Bertz CT molecular complexity index is 1160. The first-order valence-electron chi connectivity index (χ1n) is 13.0. The van der Waals surface area contributed by atoms with E-state index in [0.29, 0.717) is 46.3 Å². The van der Waals surface area contributed by atoms with Crippen LogP contribution in [0.25, 0.3) is 0 Å². The molecule has 38 heavy (non-hydrogen) atoms. The van der Waals surface area contributed by atoms with Crippen LogP contribution in [0, 0.1) is 36.5 Å². The van der Waals surface area contributed by atoms with Crippen molar-refractivity contribution in [3.8, 4) is 12.1 Å². The third-order valence-corrected chi connectivity index (χ3v) is 7.65. The lowest BCUT2D eigenvalue weighted by Crippen LogP contribution is -2.43. The number of aryl methyl sites for hydroxylation is 1. The Morgan fingerprint density at radius 3 is 2.50 bits per heavy atom. The van der Waals surface area contributed by atoms with Crippen molar-refractivity contribution in [2.24, 2.45) is 10.2 Å². The molecule has 204 valence electrons. The van der Waals surface area contributed by atoms with Crippen LogP contribution in [-0.4, -0.2) is 43.1 Å². The first-order chi connectivity index (χ1) is 18.3. The van der Waals surface area contributed by atoms with Crippen molar-refractivity contribution in [2.75, 3.05) is 24.7 Å². The van der Waals surface area contributed by atoms with E-state index in [0.717, 1.165) is 30.5 Å². The Labute approximate surface area is 230 Å². The van der Waals surface area contributed by atoms with Gasteiger partial charge in [-0.1, -0.05) is 13.5 Å². The van der Waals surface area contributed by atoms with Crippen molar-refractivity contribution in [1.29, 1.82) is 10.5 Å². The summed E-state index contributed by atoms with van der Waals surface area (Å²) in [6, 6.07) is 10.8. The maximum atomic E-state index is 9.49. The number of hydrogen-bond acceptors (Lipinski definition) is 9. The Morgan fingerprint density at radius 1 is 1.13 bits per heavy atom. The molecule has 3 unspecified atom stereocenters. The molecule has 3 atom stereocenters. The average Bonchev–Trinajstić information content (AvgIpc) is 3.21. The SMILES string of the molecule is C=COCCC(C)N(c1ccc(N=Nc2sc(C#N)c(C)c2C#N)c(C)c1)C(CC)CCOC(C)CCO. The number of azo groups is 1. The lowest BCUT2D eigenvalue weighted by atomic mass is 10.0. The summed E-state index contributed by atoms with van der Waals surface area (Å²) in [7, 11) is 0. The maximum Gasteiger partial charge on any atom is 0.158 e. The zero-order chi connectivity index (χ0) is 28.1. The predicted molar refractivity (Wildman–Crippen MR) is 152 cm³/mol. The van der Waals surface area contributed by atoms with Gasteiger partial charge in [-0.15, -0.1) is 21.6 Å². The largest absolute Gasteiger partial charge is 0.502 e. The topological polar surface area (TPSA) is 114 Å². The molecule has 0 spiro atoms. The van der Waals surface area contributed by atoms with Crippen molar-refractivity contribution in [3.63, 3.8) is 0 Å². The molecule has 1 aromatic heterocycles. The summed E-state index contributed by atoms with van der Waals surface area (Å²) in [6.07, 6.45) is 4.76. The standard InChI is InChI=1S/C29H39N5O3S/c1-7-24(13-16-37-22(5)11-14-35)34(21(4)12-15-36-8-2)25-9-10-27(20(3)17-25)32-33-29-26(18-30)23(6)28(19-31)38-29/h8-10,17,21-22,24,35H,2,7,11-16H2,1,3-6H3. The molecule has 1 N–H and O–H groups in total. The molecule has 0 aliphatic rings. The van der Waals surface area contributed by atoms with Gasteiger partial charge in [0.1, 0.15) is 17.0 Å². The second-order valence-corrected chi connectivity index (χ2v) is 10.3. The Kier molecular flexibility index (Phi) is 12.9. The minimum Gasteiger partial charge on any atom is -0.502 e. The first-order valence-corrected chi connectivity index (χ1v) is 13.8. The molecule has 2 rings (SSSR count). The fraction of sp³-hybridized carbons (Fsp3) is 0.517. The summed E-state index contributed by atoms with van der Waals surface area (Å²) in [6.45, 7) is 15.1. The van der Waals surface area contributed by atoms with Crippen molar-refractivity contribution >= 4 is 27.7 Å². The van der Waals surface area contributed by atoms with E-state index in [1.807, 2.05) is 19.9 Å². The molecule has 0 bridgehead atoms. The van der Waals surface area contributed by atoms with Gasteiger partial charge in [0.2, 0.25) is 0 Å². The van der Waals surface area contributed by atoms with Crippen LogP contribution >= 0.6 is 11.3 Å². The molecule has 0 radical (unpaired) electrons. The second-order valence-electron chi connectivity index (χ2n) is 9.26. The van der Waals surface area contributed by atoms with Crippen LogP contribution in [0.15, 0.2) is 41.3 Å². The monoisotopic (exact) mass is 537 g/mol. The fourth-order valence-corrected chi connectivity index (χ4v) is 5.19. The lowest BCUT2D eigenvalue weighted by Gasteiger charge is -2.39.